The molecule has 0 aliphatic carbocycles. The van der Waals surface area contributed by atoms with Gasteiger partial charge in [-0.05, 0) is 39.7 Å². The molecule has 9 heteroatoms. The molecule has 146 valence electrons. The molecule has 0 fully saturated rings. The number of amides is 1. The number of aryl methyl sites for hydroxylation is 3. The number of hydrogen-bond acceptors (Lipinski definition) is 6. The number of carbonyl (C=O) groups excluding carboxylic acids is 1. The lowest BCUT2D eigenvalue weighted by Gasteiger charge is -2.26. The maximum absolute atomic E-state index is 13.0. The molecule has 0 aromatic carbocycles. The highest BCUT2D eigenvalue weighted by atomic mass is 32.1. The van der Waals surface area contributed by atoms with Crippen molar-refractivity contribution in [1.29, 1.82) is 0 Å². The first-order valence-electron chi connectivity index (χ1n) is 8.63. The van der Waals surface area contributed by atoms with Gasteiger partial charge in [0.15, 0.2) is 0 Å². The van der Waals surface area contributed by atoms with Crippen LogP contribution in [-0.2, 0) is 11.8 Å². The van der Waals surface area contributed by atoms with E-state index in [9.17, 15) is 14.4 Å². The molecule has 2 aromatic rings. The molecular formula is C18H24N4O4S. The topological polar surface area (TPSA) is 105 Å². The lowest BCUT2D eigenvalue weighted by Crippen LogP contribution is -2.41. The second-order valence-corrected chi connectivity index (χ2v) is 7.53. The fraction of sp³-hybridized carbons (Fsp3) is 0.500. The average Bonchev–Trinajstić information content (AvgIpc) is 2.98. The fourth-order valence-corrected chi connectivity index (χ4v) is 3.84. The molecule has 0 aliphatic heterocycles. The summed E-state index contributed by atoms with van der Waals surface area (Å²) in [5.74, 6) is -1.45. The standard InChI is InChI=1S/C18H24N4O4S/c1-7-9(2)22(8-13(23)24)18(26)15-12(5)19-16(27-15)14-10(3)11(4)20-21(6)17(14)25/h9H,7-8H2,1-6H3,(H,23,24). The first kappa shape index (κ1) is 20.8. The van der Waals surface area contributed by atoms with Crippen molar-refractivity contribution in [3.63, 3.8) is 0 Å². The predicted molar refractivity (Wildman–Crippen MR) is 103 cm³/mol. The zero-order chi connectivity index (χ0) is 20.5. The van der Waals surface area contributed by atoms with Gasteiger partial charge in [0, 0.05) is 13.1 Å². The van der Waals surface area contributed by atoms with Gasteiger partial charge < -0.3 is 10.0 Å². The van der Waals surface area contributed by atoms with Gasteiger partial charge in [-0.25, -0.2) is 9.67 Å². The summed E-state index contributed by atoms with van der Waals surface area (Å²) in [6, 6.07) is -0.226. The van der Waals surface area contributed by atoms with Gasteiger partial charge >= 0.3 is 5.97 Å². The van der Waals surface area contributed by atoms with E-state index in [-0.39, 0.29) is 24.1 Å². The quantitative estimate of drug-likeness (QED) is 0.807. The van der Waals surface area contributed by atoms with Crippen molar-refractivity contribution in [2.75, 3.05) is 6.54 Å². The fourth-order valence-electron chi connectivity index (χ4n) is 2.73. The summed E-state index contributed by atoms with van der Waals surface area (Å²) in [6.45, 7) is 8.62. The molecule has 2 aromatic heterocycles. The Hall–Kier alpha value is -2.55. The summed E-state index contributed by atoms with van der Waals surface area (Å²) in [7, 11) is 1.57. The van der Waals surface area contributed by atoms with Crippen LogP contribution in [0.5, 0.6) is 0 Å². The lowest BCUT2D eigenvalue weighted by atomic mass is 10.1. The molecule has 0 bridgehead atoms. The number of nitrogens with zero attached hydrogens (tertiary/aromatic N) is 4. The zero-order valence-corrected chi connectivity index (χ0v) is 17.2. The summed E-state index contributed by atoms with van der Waals surface area (Å²) in [6.07, 6.45) is 0.632. The van der Waals surface area contributed by atoms with Crippen LogP contribution in [0.25, 0.3) is 10.6 Å². The van der Waals surface area contributed by atoms with Gasteiger partial charge in [-0.1, -0.05) is 6.92 Å². The number of aliphatic carboxylic acids is 1. The summed E-state index contributed by atoms with van der Waals surface area (Å²) in [5.41, 5.74) is 2.05. The Morgan fingerprint density at radius 2 is 1.89 bits per heavy atom. The molecule has 1 N–H and O–H groups in total. The average molecular weight is 392 g/mol. The van der Waals surface area contributed by atoms with Gasteiger partial charge in [0.05, 0.1) is 17.0 Å². The van der Waals surface area contributed by atoms with Gasteiger partial charge in [0.1, 0.15) is 16.4 Å². The van der Waals surface area contributed by atoms with Crippen LogP contribution in [0.4, 0.5) is 0 Å². The number of aromatic nitrogens is 3. The van der Waals surface area contributed by atoms with Crippen LogP contribution in [0, 0.1) is 20.8 Å². The summed E-state index contributed by atoms with van der Waals surface area (Å²) < 4.78 is 1.26. The predicted octanol–water partition coefficient (Wildman–Crippen LogP) is 2.15. The second-order valence-electron chi connectivity index (χ2n) is 6.53. The Morgan fingerprint density at radius 1 is 1.26 bits per heavy atom. The highest BCUT2D eigenvalue weighted by molar-refractivity contribution is 7.17. The van der Waals surface area contributed by atoms with E-state index in [1.54, 1.807) is 20.9 Å². The Bertz CT molecular complexity index is 948. The van der Waals surface area contributed by atoms with E-state index < -0.39 is 5.97 Å². The molecule has 2 rings (SSSR count). The molecule has 8 nitrogen and oxygen atoms in total. The van der Waals surface area contributed by atoms with E-state index in [0.29, 0.717) is 33.3 Å². The van der Waals surface area contributed by atoms with Gasteiger partial charge in [0.2, 0.25) is 0 Å². The third kappa shape index (κ3) is 4.08. The minimum absolute atomic E-state index is 0.226. The molecule has 1 atom stereocenters. The van der Waals surface area contributed by atoms with Crippen molar-refractivity contribution in [2.45, 2.75) is 47.1 Å². The maximum atomic E-state index is 13.0. The van der Waals surface area contributed by atoms with Crippen LogP contribution in [0.2, 0.25) is 0 Å². The smallest absolute Gasteiger partial charge is 0.323 e. The molecule has 0 saturated carbocycles. The first-order valence-corrected chi connectivity index (χ1v) is 9.45. The van der Waals surface area contributed by atoms with Crippen LogP contribution in [0.15, 0.2) is 4.79 Å². The molecule has 27 heavy (non-hydrogen) atoms. The van der Waals surface area contributed by atoms with E-state index in [4.69, 9.17) is 5.11 Å². The molecule has 0 radical (unpaired) electrons. The molecular weight excluding hydrogens is 368 g/mol. The third-order valence-corrected chi connectivity index (χ3v) is 5.78. The van der Waals surface area contributed by atoms with Gasteiger partial charge in [0.25, 0.3) is 11.5 Å². The Balaban J connectivity index is 2.55. The maximum Gasteiger partial charge on any atom is 0.323 e. The monoisotopic (exact) mass is 392 g/mol. The van der Waals surface area contributed by atoms with Gasteiger partial charge in [-0.3, -0.25) is 14.4 Å². The molecule has 1 amide bonds. The van der Waals surface area contributed by atoms with Gasteiger partial charge in [-0.15, -0.1) is 11.3 Å². The largest absolute Gasteiger partial charge is 0.480 e. The Morgan fingerprint density at radius 3 is 2.44 bits per heavy atom. The van der Waals surface area contributed by atoms with E-state index in [1.165, 1.54) is 9.58 Å². The first-order chi connectivity index (χ1) is 12.6. The van der Waals surface area contributed by atoms with Gasteiger partial charge in [-0.2, -0.15) is 5.10 Å². The lowest BCUT2D eigenvalue weighted by molar-refractivity contribution is -0.138. The van der Waals surface area contributed by atoms with Crippen molar-refractivity contribution in [3.05, 3.63) is 32.2 Å². The zero-order valence-electron chi connectivity index (χ0n) is 16.4. The van der Waals surface area contributed by atoms with E-state index in [0.717, 1.165) is 16.9 Å². The van der Waals surface area contributed by atoms with E-state index in [2.05, 4.69) is 10.1 Å². The molecule has 0 aliphatic rings. The Labute approximate surface area is 161 Å². The summed E-state index contributed by atoms with van der Waals surface area (Å²) in [5, 5.41) is 13.8. The number of thiazole rings is 1. The SMILES string of the molecule is CCC(C)N(CC(=O)O)C(=O)c1sc(-c2c(C)c(C)nn(C)c2=O)nc1C. The van der Waals surface area contributed by atoms with Crippen LogP contribution in [-0.4, -0.2) is 49.2 Å². The summed E-state index contributed by atoms with van der Waals surface area (Å²) >= 11 is 1.11. The highest BCUT2D eigenvalue weighted by Crippen LogP contribution is 2.30. The van der Waals surface area contributed by atoms with E-state index >= 15 is 0 Å². The van der Waals surface area contributed by atoms with E-state index in [1.807, 2.05) is 20.8 Å². The van der Waals surface area contributed by atoms with Crippen LogP contribution in [0.3, 0.4) is 0 Å². The summed E-state index contributed by atoms with van der Waals surface area (Å²) in [4.78, 5) is 42.8. The minimum atomic E-state index is -1.07. The second kappa shape index (κ2) is 7.99. The van der Waals surface area contributed by atoms with Crippen molar-refractivity contribution < 1.29 is 14.7 Å². The molecule has 2 heterocycles. The van der Waals surface area contributed by atoms with Crippen molar-refractivity contribution in [2.24, 2.45) is 7.05 Å². The van der Waals surface area contributed by atoms with Crippen molar-refractivity contribution >= 4 is 23.2 Å². The normalized spacial score (nSPS) is 12.1. The number of rotatable bonds is 6. The Kier molecular flexibility index (Phi) is 6.15. The number of carboxylic acid groups (broad SMARTS) is 1. The van der Waals surface area contributed by atoms with Crippen LogP contribution >= 0.6 is 11.3 Å². The minimum Gasteiger partial charge on any atom is -0.480 e. The molecule has 1 unspecified atom stereocenters. The number of carboxylic acids is 1. The van der Waals surface area contributed by atoms with Crippen molar-refractivity contribution in [1.82, 2.24) is 19.7 Å². The van der Waals surface area contributed by atoms with Crippen molar-refractivity contribution in [3.8, 4) is 10.6 Å². The number of carbonyl (C=O) groups is 2. The van der Waals surface area contributed by atoms with Crippen LogP contribution < -0.4 is 5.56 Å². The highest BCUT2D eigenvalue weighted by Gasteiger charge is 2.28. The van der Waals surface area contributed by atoms with Crippen LogP contribution in [0.1, 0.15) is 46.9 Å². The number of hydrogen-bond donors (Lipinski definition) is 1. The third-order valence-electron chi connectivity index (χ3n) is 4.62. The molecule has 0 spiro atoms. The molecule has 0 saturated heterocycles.